The number of thiophene rings is 1. The van der Waals surface area contributed by atoms with E-state index in [2.05, 4.69) is 34.1 Å². The van der Waals surface area contributed by atoms with Crippen molar-refractivity contribution in [2.75, 3.05) is 5.32 Å². The van der Waals surface area contributed by atoms with Gasteiger partial charge in [0.1, 0.15) is 5.15 Å². The van der Waals surface area contributed by atoms with E-state index in [9.17, 15) is 0 Å². The van der Waals surface area contributed by atoms with E-state index in [-0.39, 0.29) is 6.04 Å². The Hall–Kier alpha value is -0.580. The normalized spacial score (nSPS) is 12.7. The average molecular weight is 245 g/mol. The van der Waals surface area contributed by atoms with Crippen LogP contribution in [0.1, 0.15) is 18.5 Å². The summed E-state index contributed by atoms with van der Waals surface area (Å²) < 4.78 is 0. The molecule has 0 saturated heterocycles. The van der Waals surface area contributed by atoms with Gasteiger partial charge in [-0.1, -0.05) is 11.6 Å². The second kappa shape index (κ2) is 4.29. The molecule has 0 fully saturated rings. The fraction of sp³-hybridized carbons (Fsp3) is 0.222. The first-order valence-corrected chi connectivity index (χ1v) is 6.35. The zero-order valence-electron chi connectivity index (χ0n) is 7.53. The van der Waals surface area contributed by atoms with E-state index in [1.165, 1.54) is 16.9 Å². The van der Waals surface area contributed by atoms with Gasteiger partial charge in [0.2, 0.25) is 0 Å². The van der Waals surface area contributed by atoms with Crippen LogP contribution in [0.3, 0.4) is 0 Å². The Kier molecular flexibility index (Phi) is 3.05. The molecule has 0 saturated carbocycles. The lowest BCUT2D eigenvalue weighted by atomic mass is 10.2. The highest BCUT2D eigenvalue weighted by molar-refractivity contribution is 7.14. The largest absolute Gasteiger partial charge is 0.355 e. The Morgan fingerprint density at radius 3 is 2.93 bits per heavy atom. The van der Waals surface area contributed by atoms with Crippen molar-refractivity contribution in [3.8, 4) is 0 Å². The highest BCUT2D eigenvalue weighted by Gasteiger charge is 2.07. The Morgan fingerprint density at radius 1 is 1.50 bits per heavy atom. The second-order valence-electron chi connectivity index (χ2n) is 2.90. The predicted molar refractivity (Wildman–Crippen MR) is 63.5 cm³/mol. The van der Waals surface area contributed by atoms with Crippen molar-refractivity contribution < 1.29 is 0 Å². The van der Waals surface area contributed by atoms with Crippen LogP contribution in [0.5, 0.6) is 0 Å². The van der Waals surface area contributed by atoms with Crippen LogP contribution in [0.15, 0.2) is 22.2 Å². The molecular weight excluding hydrogens is 236 g/mol. The molecule has 0 aliphatic carbocycles. The van der Waals surface area contributed by atoms with Gasteiger partial charge in [0, 0.05) is 5.38 Å². The number of nitrogens with zero attached hydrogens (tertiary/aromatic N) is 1. The molecule has 2 nitrogen and oxygen atoms in total. The van der Waals surface area contributed by atoms with Gasteiger partial charge in [0.05, 0.1) is 6.04 Å². The van der Waals surface area contributed by atoms with E-state index in [4.69, 9.17) is 11.6 Å². The summed E-state index contributed by atoms with van der Waals surface area (Å²) in [5.41, 5.74) is 1.28. The van der Waals surface area contributed by atoms with Crippen LogP contribution in [-0.2, 0) is 0 Å². The third-order valence-electron chi connectivity index (χ3n) is 1.86. The monoisotopic (exact) mass is 244 g/mol. The Labute approximate surface area is 95.6 Å². The first-order chi connectivity index (χ1) is 6.75. The van der Waals surface area contributed by atoms with Crippen LogP contribution >= 0.6 is 34.3 Å². The SMILES string of the molecule is CC(Nc1nc(Cl)cs1)c1ccsc1. The fourth-order valence-electron chi connectivity index (χ4n) is 1.11. The van der Waals surface area contributed by atoms with E-state index < -0.39 is 0 Å². The van der Waals surface area contributed by atoms with Crippen LogP contribution in [0.4, 0.5) is 5.13 Å². The van der Waals surface area contributed by atoms with Gasteiger partial charge in [-0.2, -0.15) is 11.3 Å². The van der Waals surface area contributed by atoms with Crippen molar-refractivity contribution in [2.45, 2.75) is 13.0 Å². The maximum atomic E-state index is 5.73. The van der Waals surface area contributed by atoms with Gasteiger partial charge in [-0.05, 0) is 29.3 Å². The number of anilines is 1. The number of rotatable bonds is 3. The minimum atomic E-state index is 0.281. The molecule has 0 aliphatic rings. The molecule has 1 N–H and O–H groups in total. The molecule has 0 aliphatic heterocycles. The molecule has 0 radical (unpaired) electrons. The van der Waals surface area contributed by atoms with Crippen molar-refractivity contribution in [2.24, 2.45) is 0 Å². The van der Waals surface area contributed by atoms with Gasteiger partial charge < -0.3 is 5.32 Å². The zero-order chi connectivity index (χ0) is 9.97. The Balaban J connectivity index is 2.05. The molecule has 0 amide bonds. The molecule has 0 aromatic carbocycles. The zero-order valence-corrected chi connectivity index (χ0v) is 9.92. The first-order valence-electron chi connectivity index (χ1n) is 4.15. The summed E-state index contributed by atoms with van der Waals surface area (Å²) in [6, 6.07) is 2.39. The molecule has 1 unspecified atom stereocenters. The van der Waals surface area contributed by atoms with Crippen LogP contribution in [0.2, 0.25) is 5.15 Å². The van der Waals surface area contributed by atoms with Crippen LogP contribution in [0.25, 0.3) is 0 Å². The van der Waals surface area contributed by atoms with Gasteiger partial charge >= 0.3 is 0 Å². The standard InChI is InChI=1S/C9H9ClN2S2/c1-6(7-2-3-13-4-7)11-9-12-8(10)5-14-9/h2-6H,1H3,(H,11,12). The van der Waals surface area contributed by atoms with Gasteiger partial charge in [-0.25, -0.2) is 4.98 Å². The van der Waals surface area contributed by atoms with Gasteiger partial charge in [-0.15, -0.1) is 11.3 Å². The molecule has 5 heteroatoms. The second-order valence-corrected chi connectivity index (χ2v) is 4.92. The maximum Gasteiger partial charge on any atom is 0.184 e. The molecule has 2 aromatic heterocycles. The van der Waals surface area contributed by atoms with E-state index in [1.807, 2.05) is 5.38 Å². The van der Waals surface area contributed by atoms with Crippen LogP contribution < -0.4 is 5.32 Å². The lowest BCUT2D eigenvalue weighted by Gasteiger charge is -2.10. The summed E-state index contributed by atoms with van der Waals surface area (Å²) in [4.78, 5) is 4.14. The molecule has 1 atom stereocenters. The summed E-state index contributed by atoms with van der Waals surface area (Å²) in [6.45, 7) is 2.11. The molecule has 2 aromatic rings. The van der Waals surface area contributed by atoms with Gasteiger partial charge in [-0.3, -0.25) is 0 Å². The molecule has 0 spiro atoms. The van der Waals surface area contributed by atoms with E-state index in [0.29, 0.717) is 5.15 Å². The van der Waals surface area contributed by atoms with E-state index >= 15 is 0 Å². The highest BCUT2D eigenvalue weighted by Crippen LogP contribution is 2.25. The van der Waals surface area contributed by atoms with Gasteiger partial charge in [0.25, 0.3) is 0 Å². The van der Waals surface area contributed by atoms with Crippen LogP contribution in [-0.4, -0.2) is 4.98 Å². The molecule has 0 bridgehead atoms. The summed E-state index contributed by atoms with van der Waals surface area (Å²) in [7, 11) is 0. The minimum Gasteiger partial charge on any atom is -0.355 e. The number of halogens is 1. The quantitative estimate of drug-likeness (QED) is 0.882. The third-order valence-corrected chi connectivity index (χ3v) is 3.66. The van der Waals surface area contributed by atoms with Crippen LogP contribution in [0, 0.1) is 0 Å². The lowest BCUT2D eigenvalue weighted by Crippen LogP contribution is -2.04. The summed E-state index contributed by atoms with van der Waals surface area (Å²) in [5.74, 6) is 0. The van der Waals surface area contributed by atoms with Crippen molar-refractivity contribution >= 4 is 39.4 Å². The van der Waals surface area contributed by atoms with Crippen molar-refractivity contribution in [1.29, 1.82) is 0 Å². The number of aromatic nitrogens is 1. The average Bonchev–Trinajstić information content (AvgIpc) is 2.75. The molecule has 2 rings (SSSR count). The van der Waals surface area contributed by atoms with Crippen molar-refractivity contribution in [1.82, 2.24) is 4.98 Å². The first kappa shape index (κ1) is 9.96. The summed E-state index contributed by atoms with van der Waals surface area (Å²) >= 11 is 8.96. The number of hydrogen-bond donors (Lipinski definition) is 1. The van der Waals surface area contributed by atoms with Crippen molar-refractivity contribution in [3.05, 3.63) is 32.9 Å². The molecule has 74 valence electrons. The topological polar surface area (TPSA) is 24.9 Å². The van der Waals surface area contributed by atoms with Gasteiger partial charge in [0.15, 0.2) is 5.13 Å². The number of nitrogens with one attached hydrogen (secondary N) is 1. The lowest BCUT2D eigenvalue weighted by molar-refractivity contribution is 0.887. The highest BCUT2D eigenvalue weighted by atomic mass is 35.5. The van der Waals surface area contributed by atoms with E-state index in [1.54, 1.807) is 11.3 Å². The summed E-state index contributed by atoms with van der Waals surface area (Å²) in [5, 5.41) is 10.7. The predicted octanol–water partition coefficient (Wildman–Crippen LogP) is 4.03. The molecule has 14 heavy (non-hydrogen) atoms. The molecule has 2 heterocycles. The summed E-state index contributed by atoms with van der Waals surface area (Å²) in [6.07, 6.45) is 0. The molecular formula is C9H9ClN2S2. The maximum absolute atomic E-state index is 5.73. The fourth-order valence-corrected chi connectivity index (χ4v) is 2.79. The number of hydrogen-bond acceptors (Lipinski definition) is 4. The number of thiazole rings is 1. The Morgan fingerprint density at radius 2 is 2.36 bits per heavy atom. The van der Waals surface area contributed by atoms with Crippen molar-refractivity contribution in [3.63, 3.8) is 0 Å². The smallest absolute Gasteiger partial charge is 0.184 e. The third kappa shape index (κ3) is 2.26. The Bertz CT molecular complexity index is 397. The van der Waals surface area contributed by atoms with E-state index in [0.717, 1.165) is 5.13 Å². The minimum absolute atomic E-state index is 0.281.